The molecule has 0 bridgehead atoms. The maximum Gasteiger partial charge on any atom is 0.340 e. The van der Waals surface area contributed by atoms with Crippen LogP contribution in [0.25, 0.3) is 10.9 Å². The van der Waals surface area contributed by atoms with Crippen LogP contribution in [0, 0.1) is 6.92 Å². The van der Waals surface area contributed by atoms with Gasteiger partial charge in [-0.3, -0.25) is 0 Å². The van der Waals surface area contributed by atoms with Crippen LogP contribution in [0.4, 0.5) is 0 Å². The number of benzene rings is 1. The van der Waals surface area contributed by atoms with E-state index in [2.05, 4.69) is 0 Å². The summed E-state index contributed by atoms with van der Waals surface area (Å²) < 4.78 is 13.0. The van der Waals surface area contributed by atoms with Crippen molar-refractivity contribution in [3.05, 3.63) is 29.5 Å². The Hall–Kier alpha value is -2.05. The Morgan fingerprint density at radius 3 is 2.74 bits per heavy atom. The number of nitrogens with one attached hydrogen (secondary N) is 1. The number of aliphatic hydroxyl groups is 1. The molecule has 2 aromatic rings. The van der Waals surface area contributed by atoms with Crippen molar-refractivity contribution in [2.45, 2.75) is 39.2 Å². The van der Waals surface area contributed by atoms with Gasteiger partial charge in [0.05, 0.1) is 25.3 Å². The molecule has 1 saturated heterocycles. The van der Waals surface area contributed by atoms with Crippen molar-refractivity contribution < 1.29 is 24.3 Å². The van der Waals surface area contributed by atoms with E-state index >= 15 is 0 Å². The summed E-state index contributed by atoms with van der Waals surface area (Å²) in [7, 11) is 1.94. The molecule has 0 radical (unpaired) electrons. The molecule has 1 fully saturated rings. The molecule has 1 aromatic heterocycles. The average molecular weight is 375 g/mol. The number of rotatable bonds is 7. The predicted molar refractivity (Wildman–Crippen MR) is 105 cm³/mol. The zero-order chi connectivity index (χ0) is 19.4. The molecule has 1 unspecified atom stereocenters. The number of hydrogen-bond donors (Lipinski definition) is 2. The fourth-order valence-corrected chi connectivity index (χ4v) is 3.94. The van der Waals surface area contributed by atoms with Crippen LogP contribution >= 0.6 is 0 Å². The van der Waals surface area contributed by atoms with E-state index in [4.69, 9.17) is 9.47 Å². The summed E-state index contributed by atoms with van der Waals surface area (Å²) in [5, 5.41) is 11.1. The van der Waals surface area contributed by atoms with E-state index in [-0.39, 0.29) is 12.6 Å². The van der Waals surface area contributed by atoms with Crippen LogP contribution in [0.15, 0.2) is 18.2 Å². The zero-order valence-corrected chi connectivity index (χ0v) is 16.6. The highest BCUT2D eigenvalue weighted by atomic mass is 16.5. The average Bonchev–Trinajstić information content (AvgIpc) is 2.91. The number of piperidine rings is 1. The van der Waals surface area contributed by atoms with E-state index in [0.29, 0.717) is 17.9 Å². The van der Waals surface area contributed by atoms with Crippen LogP contribution in [-0.4, -0.2) is 54.6 Å². The summed E-state index contributed by atoms with van der Waals surface area (Å²) >= 11 is 0. The standard InChI is InChI=1S/C21H30N2O4/c1-4-26-21(25)20-15(2)22(3)19-9-8-17(12-18(19)20)27-14-16(24)13-23-10-6-5-7-11-23/h8-9,12,16,24H,4-7,10-11,13-14H2,1-3H3/p+1. The van der Waals surface area contributed by atoms with Gasteiger partial charge in [-0.1, -0.05) is 0 Å². The van der Waals surface area contributed by atoms with Crippen LogP contribution in [0.2, 0.25) is 0 Å². The monoisotopic (exact) mass is 375 g/mol. The third-order valence-electron chi connectivity index (χ3n) is 5.47. The lowest BCUT2D eigenvalue weighted by atomic mass is 10.1. The van der Waals surface area contributed by atoms with Gasteiger partial charge in [0.25, 0.3) is 0 Å². The Kier molecular flexibility index (Phi) is 6.39. The van der Waals surface area contributed by atoms with Crippen molar-refractivity contribution >= 4 is 16.9 Å². The first-order valence-electron chi connectivity index (χ1n) is 9.91. The second-order valence-corrected chi connectivity index (χ2v) is 7.40. The summed E-state index contributed by atoms with van der Waals surface area (Å²) in [6.45, 7) is 7.31. The predicted octanol–water partition coefficient (Wildman–Crippen LogP) is 1.47. The third kappa shape index (κ3) is 4.45. The molecule has 1 aliphatic heterocycles. The first kappa shape index (κ1) is 19.7. The second-order valence-electron chi connectivity index (χ2n) is 7.40. The number of ether oxygens (including phenoxy) is 2. The van der Waals surface area contributed by atoms with E-state index in [9.17, 15) is 9.90 Å². The first-order valence-corrected chi connectivity index (χ1v) is 9.91. The van der Waals surface area contributed by atoms with Gasteiger partial charge in [-0.15, -0.1) is 0 Å². The molecule has 0 amide bonds. The van der Waals surface area contributed by atoms with Crippen molar-refractivity contribution in [2.24, 2.45) is 7.05 Å². The summed E-state index contributed by atoms with van der Waals surface area (Å²) in [5.41, 5.74) is 2.41. The first-order chi connectivity index (χ1) is 13.0. The normalized spacial score (nSPS) is 16.4. The minimum Gasteiger partial charge on any atom is -0.491 e. The molecule has 148 valence electrons. The molecule has 2 N–H and O–H groups in total. The molecule has 6 nitrogen and oxygen atoms in total. The van der Waals surface area contributed by atoms with Gasteiger partial charge in [0.15, 0.2) is 0 Å². The van der Waals surface area contributed by atoms with Crippen LogP contribution in [-0.2, 0) is 11.8 Å². The number of aliphatic hydroxyl groups excluding tert-OH is 1. The molecular formula is C21H31N2O4+. The lowest BCUT2D eigenvalue weighted by Crippen LogP contribution is -3.14. The Balaban J connectivity index is 1.71. The van der Waals surface area contributed by atoms with Gasteiger partial charge >= 0.3 is 5.97 Å². The Labute approximate surface area is 160 Å². The molecule has 3 rings (SSSR count). The van der Waals surface area contributed by atoms with Crippen molar-refractivity contribution in [2.75, 3.05) is 32.8 Å². The Morgan fingerprint density at radius 1 is 1.30 bits per heavy atom. The van der Waals surface area contributed by atoms with Crippen LogP contribution in [0.3, 0.4) is 0 Å². The van der Waals surface area contributed by atoms with E-state index < -0.39 is 6.10 Å². The third-order valence-corrected chi connectivity index (χ3v) is 5.47. The van der Waals surface area contributed by atoms with Crippen molar-refractivity contribution in [3.63, 3.8) is 0 Å². The van der Waals surface area contributed by atoms with Gasteiger partial charge in [-0.25, -0.2) is 4.79 Å². The van der Waals surface area contributed by atoms with Gasteiger partial charge < -0.3 is 24.0 Å². The van der Waals surface area contributed by atoms with Crippen LogP contribution < -0.4 is 9.64 Å². The van der Waals surface area contributed by atoms with Crippen molar-refractivity contribution in [3.8, 4) is 5.75 Å². The lowest BCUT2D eigenvalue weighted by Gasteiger charge is -2.25. The van der Waals surface area contributed by atoms with Gasteiger partial charge in [-0.2, -0.15) is 0 Å². The summed E-state index contributed by atoms with van der Waals surface area (Å²) in [6.07, 6.45) is 3.29. The number of hydrogen-bond acceptors (Lipinski definition) is 4. The Morgan fingerprint density at radius 2 is 2.04 bits per heavy atom. The number of carbonyl (C=O) groups excluding carboxylic acids is 1. The van der Waals surface area contributed by atoms with Gasteiger partial charge in [0, 0.05) is 23.6 Å². The fourth-order valence-electron chi connectivity index (χ4n) is 3.94. The molecular weight excluding hydrogens is 344 g/mol. The number of aromatic nitrogens is 1. The SMILES string of the molecule is CCOC(=O)c1c(C)n(C)c2ccc(OCC(O)C[NH+]3CCCCC3)cc12. The van der Waals surface area contributed by atoms with Gasteiger partial charge in [0.1, 0.15) is 25.0 Å². The van der Waals surface area contributed by atoms with Gasteiger partial charge in [-0.05, 0) is 51.3 Å². The number of carbonyl (C=O) groups is 1. The maximum absolute atomic E-state index is 12.4. The summed E-state index contributed by atoms with van der Waals surface area (Å²) in [5.74, 6) is 0.345. The largest absolute Gasteiger partial charge is 0.491 e. The second kappa shape index (κ2) is 8.76. The highest BCUT2D eigenvalue weighted by Crippen LogP contribution is 2.29. The Bertz CT molecular complexity index is 793. The molecule has 1 aliphatic rings. The topological polar surface area (TPSA) is 65.1 Å². The minimum atomic E-state index is -0.490. The highest BCUT2D eigenvalue weighted by molar-refractivity contribution is 6.06. The molecule has 6 heteroatoms. The van der Waals surface area contributed by atoms with Crippen molar-refractivity contribution in [1.29, 1.82) is 0 Å². The highest BCUT2D eigenvalue weighted by Gasteiger charge is 2.21. The molecule has 2 heterocycles. The molecule has 0 aliphatic carbocycles. The number of fused-ring (bicyclic) bond motifs is 1. The molecule has 27 heavy (non-hydrogen) atoms. The number of aryl methyl sites for hydroxylation is 1. The maximum atomic E-state index is 12.4. The number of quaternary nitrogens is 1. The number of likely N-dealkylation sites (tertiary alicyclic amines) is 1. The summed E-state index contributed by atoms with van der Waals surface area (Å²) in [4.78, 5) is 13.8. The van der Waals surface area contributed by atoms with E-state index in [1.54, 1.807) is 6.92 Å². The number of nitrogens with zero attached hydrogens (tertiary/aromatic N) is 1. The molecule has 1 aromatic carbocycles. The quantitative estimate of drug-likeness (QED) is 0.720. The fraction of sp³-hybridized carbons (Fsp3) is 0.571. The van der Waals surface area contributed by atoms with Crippen molar-refractivity contribution in [1.82, 2.24) is 4.57 Å². The van der Waals surface area contributed by atoms with Crippen LogP contribution in [0.5, 0.6) is 5.75 Å². The van der Waals surface area contributed by atoms with E-state index in [1.807, 2.05) is 36.7 Å². The van der Waals surface area contributed by atoms with Gasteiger partial charge in [0.2, 0.25) is 0 Å². The lowest BCUT2D eigenvalue weighted by molar-refractivity contribution is -0.908. The molecule has 0 spiro atoms. The minimum absolute atomic E-state index is 0.259. The number of esters is 1. The van der Waals surface area contributed by atoms with Crippen LogP contribution in [0.1, 0.15) is 42.2 Å². The summed E-state index contributed by atoms with van der Waals surface area (Å²) in [6, 6.07) is 5.70. The zero-order valence-electron chi connectivity index (χ0n) is 16.6. The molecule has 0 saturated carbocycles. The smallest absolute Gasteiger partial charge is 0.340 e. The molecule has 1 atom stereocenters. The van der Waals surface area contributed by atoms with E-state index in [1.165, 1.54) is 24.2 Å². The van der Waals surface area contributed by atoms with E-state index in [0.717, 1.165) is 36.2 Å².